The molecule has 0 aromatic heterocycles. The van der Waals surface area contributed by atoms with Gasteiger partial charge in [-0.2, -0.15) is 0 Å². The van der Waals surface area contributed by atoms with E-state index < -0.39 is 0 Å². The summed E-state index contributed by atoms with van der Waals surface area (Å²) in [7, 11) is 0. The molecule has 2 atom stereocenters. The fourth-order valence-electron chi connectivity index (χ4n) is 4.49. The average Bonchev–Trinajstić information content (AvgIpc) is 2.84. The number of piperidine rings is 2. The van der Waals surface area contributed by atoms with Gasteiger partial charge in [-0.3, -0.25) is 4.79 Å². The summed E-state index contributed by atoms with van der Waals surface area (Å²) in [5.41, 5.74) is 0. The summed E-state index contributed by atoms with van der Waals surface area (Å²) >= 11 is 0. The predicted molar refractivity (Wildman–Crippen MR) is 89.8 cm³/mol. The number of carbonyl (C=O) groups is 1. The van der Waals surface area contributed by atoms with E-state index in [-0.39, 0.29) is 5.91 Å². The largest absolute Gasteiger partial charge is 0.356 e. The first-order chi connectivity index (χ1) is 10.7. The minimum absolute atomic E-state index is 0.276. The van der Waals surface area contributed by atoms with Crippen molar-refractivity contribution in [1.82, 2.24) is 15.5 Å². The first-order valence-electron chi connectivity index (χ1n) is 9.44. The second kappa shape index (κ2) is 7.78. The number of hydrogen-bond donors (Lipinski definition) is 2. The Morgan fingerprint density at radius 2 is 1.82 bits per heavy atom. The van der Waals surface area contributed by atoms with Crippen LogP contribution in [-0.4, -0.2) is 49.1 Å². The lowest BCUT2D eigenvalue weighted by molar-refractivity contribution is -0.122. The molecular formula is C18H33N3O. The number of nitrogens with zero attached hydrogens (tertiary/aromatic N) is 1. The summed E-state index contributed by atoms with van der Waals surface area (Å²) in [5, 5.41) is 6.79. The number of rotatable bonds is 6. The summed E-state index contributed by atoms with van der Waals surface area (Å²) in [5.74, 6) is 1.79. The van der Waals surface area contributed by atoms with Crippen molar-refractivity contribution in [2.75, 3.05) is 26.2 Å². The van der Waals surface area contributed by atoms with Crippen molar-refractivity contribution in [1.29, 1.82) is 0 Å². The van der Waals surface area contributed by atoms with Crippen LogP contribution in [0.1, 0.15) is 58.3 Å². The number of likely N-dealkylation sites (tertiary alicyclic amines) is 1. The van der Waals surface area contributed by atoms with Gasteiger partial charge in [0.2, 0.25) is 5.91 Å². The monoisotopic (exact) mass is 307 g/mol. The van der Waals surface area contributed by atoms with Crippen molar-refractivity contribution in [3.8, 4) is 0 Å². The number of nitrogens with one attached hydrogen (secondary N) is 2. The van der Waals surface area contributed by atoms with Crippen molar-refractivity contribution in [2.24, 2.45) is 11.8 Å². The van der Waals surface area contributed by atoms with Crippen LogP contribution in [0.3, 0.4) is 0 Å². The normalized spacial score (nSPS) is 33.0. The van der Waals surface area contributed by atoms with Gasteiger partial charge in [-0.05, 0) is 76.4 Å². The molecule has 2 unspecified atom stereocenters. The molecule has 0 aromatic rings. The van der Waals surface area contributed by atoms with Crippen molar-refractivity contribution in [2.45, 2.75) is 70.4 Å². The van der Waals surface area contributed by atoms with Gasteiger partial charge in [-0.1, -0.05) is 6.92 Å². The van der Waals surface area contributed by atoms with Crippen molar-refractivity contribution in [3.05, 3.63) is 0 Å². The summed E-state index contributed by atoms with van der Waals surface area (Å²) in [6.45, 7) is 6.83. The molecule has 0 radical (unpaired) electrons. The summed E-state index contributed by atoms with van der Waals surface area (Å²) < 4.78 is 0. The van der Waals surface area contributed by atoms with Crippen LogP contribution in [0.25, 0.3) is 0 Å². The molecule has 4 nitrogen and oxygen atoms in total. The number of carbonyl (C=O) groups excluding carboxylic acids is 1. The van der Waals surface area contributed by atoms with Crippen LogP contribution in [0.4, 0.5) is 0 Å². The van der Waals surface area contributed by atoms with Crippen LogP contribution < -0.4 is 10.6 Å². The Bertz CT molecular complexity index is 353. The Kier molecular flexibility index (Phi) is 5.75. The zero-order valence-electron chi connectivity index (χ0n) is 14.2. The Balaban J connectivity index is 1.25. The van der Waals surface area contributed by atoms with Gasteiger partial charge in [-0.25, -0.2) is 0 Å². The van der Waals surface area contributed by atoms with E-state index in [0.29, 0.717) is 18.0 Å². The van der Waals surface area contributed by atoms with E-state index in [9.17, 15) is 4.79 Å². The molecule has 0 aromatic carbocycles. The number of hydrogen-bond acceptors (Lipinski definition) is 3. The second-order valence-corrected chi connectivity index (χ2v) is 7.91. The Hall–Kier alpha value is -0.610. The lowest BCUT2D eigenvalue weighted by Crippen LogP contribution is -2.40. The van der Waals surface area contributed by atoms with Gasteiger partial charge in [0.05, 0.1) is 0 Å². The third-order valence-corrected chi connectivity index (χ3v) is 5.89. The highest BCUT2D eigenvalue weighted by Crippen LogP contribution is 2.32. The molecule has 3 rings (SSSR count). The van der Waals surface area contributed by atoms with Gasteiger partial charge in [0.15, 0.2) is 0 Å². The van der Waals surface area contributed by atoms with Crippen LogP contribution >= 0.6 is 0 Å². The minimum atomic E-state index is 0.276. The molecule has 4 heteroatoms. The highest BCUT2D eigenvalue weighted by Gasteiger charge is 2.34. The Morgan fingerprint density at radius 3 is 2.50 bits per heavy atom. The summed E-state index contributed by atoms with van der Waals surface area (Å²) in [4.78, 5) is 14.6. The fourth-order valence-corrected chi connectivity index (χ4v) is 4.49. The molecule has 2 N–H and O–H groups in total. The molecule has 3 heterocycles. The van der Waals surface area contributed by atoms with Crippen LogP contribution in [0.2, 0.25) is 0 Å². The molecule has 3 aliphatic rings. The first kappa shape index (κ1) is 16.3. The molecular weight excluding hydrogens is 274 g/mol. The molecule has 2 bridgehead atoms. The molecule has 3 fully saturated rings. The minimum Gasteiger partial charge on any atom is -0.356 e. The smallest absolute Gasteiger partial charge is 0.220 e. The van der Waals surface area contributed by atoms with Gasteiger partial charge in [-0.15, -0.1) is 0 Å². The SMILES string of the molecule is CC1CCN(CCCNC(=O)CC2CC3CCC(C2)N3)CC1. The van der Waals surface area contributed by atoms with E-state index in [0.717, 1.165) is 31.8 Å². The number of fused-ring (bicyclic) bond motifs is 2. The average molecular weight is 307 g/mol. The highest BCUT2D eigenvalue weighted by molar-refractivity contribution is 5.76. The lowest BCUT2D eigenvalue weighted by atomic mass is 9.89. The highest BCUT2D eigenvalue weighted by atomic mass is 16.1. The Morgan fingerprint density at radius 1 is 1.14 bits per heavy atom. The second-order valence-electron chi connectivity index (χ2n) is 7.91. The standard InChI is InChI=1S/C18H33N3O/c1-14-5-9-21(10-6-14)8-2-7-19-18(22)13-15-11-16-3-4-17(12-15)20-16/h14-17,20H,2-13H2,1H3,(H,19,22). The van der Waals surface area contributed by atoms with E-state index >= 15 is 0 Å². The van der Waals surface area contributed by atoms with E-state index in [1.165, 1.54) is 51.6 Å². The molecule has 3 aliphatic heterocycles. The molecule has 22 heavy (non-hydrogen) atoms. The summed E-state index contributed by atoms with van der Waals surface area (Å²) in [6, 6.07) is 1.39. The van der Waals surface area contributed by atoms with E-state index in [1.54, 1.807) is 0 Å². The maximum absolute atomic E-state index is 12.1. The van der Waals surface area contributed by atoms with Crippen molar-refractivity contribution < 1.29 is 4.79 Å². The van der Waals surface area contributed by atoms with Crippen LogP contribution in [-0.2, 0) is 4.79 Å². The third-order valence-electron chi connectivity index (χ3n) is 5.89. The lowest BCUT2D eigenvalue weighted by Gasteiger charge is -2.30. The molecule has 0 spiro atoms. The fraction of sp³-hybridized carbons (Fsp3) is 0.944. The van der Waals surface area contributed by atoms with E-state index in [4.69, 9.17) is 0 Å². The van der Waals surface area contributed by atoms with Crippen molar-refractivity contribution >= 4 is 5.91 Å². The zero-order chi connectivity index (χ0) is 15.4. The molecule has 1 amide bonds. The molecule has 126 valence electrons. The molecule has 0 aliphatic carbocycles. The third kappa shape index (κ3) is 4.69. The van der Waals surface area contributed by atoms with Crippen LogP contribution in [0, 0.1) is 11.8 Å². The van der Waals surface area contributed by atoms with E-state index in [2.05, 4.69) is 22.5 Å². The predicted octanol–water partition coefficient (Wildman–Crippen LogP) is 2.15. The number of amides is 1. The maximum atomic E-state index is 12.1. The van der Waals surface area contributed by atoms with Gasteiger partial charge in [0.1, 0.15) is 0 Å². The van der Waals surface area contributed by atoms with Gasteiger partial charge < -0.3 is 15.5 Å². The van der Waals surface area contributed by atoms with Crippen LogP contribution in [0.15, 0.2) is 0 Å². The first-order valence-corrected chi connectivity index (χ1v) is 9.44. The van der Waals surface area contributed by atoms with Crippen molar-refractivity contribution in [3.63, 3.8) is 0 Å². The topological polar surface area (TPSA) is 44.4 Å². The van der Waals surface area contributed by atoms with Gasteiger partial charge in [0.25, 0.3) is 0 Å². The zero-order valence-corrected chi connectivity index (χ0v) is 14.2. The molecule has 0 saturated carbocycles. The maximum Gasteiger partial charge on any atom is 0.220 e. The molecule has 3 saturated heterocycles. The quantitative estimate of drug-likeness (QED) is 0.739. The van der Waals surface area contributed by atoms with Gasteiger partial charge in [0, 0.05) is 25.0 Å². The Labute approximate surface area is 135 Å². The van der Waals surface area contributed by atoms with E-state index in [1.807, 2.05) is 0 Å². The van der Waals surface area contributed by atoms with Crippen LogP contribution in [0.5, 0.6) is 0 Å². The summed E-state index contributed by atoms with van der Waals surface area (Å²) in [6.07, 6.45) is 9.56. The van der Waals surface area contributed by atoms with Gasteiger partial charge >= 0.3 is 0 Å².